The van der Waals surface area contributed by atoms with Gasteiger partial charge in [0, 0.05) is 7.11 Å². The molecule has 1 unspecified atom stereocenters. The molecule has 3 nitrogen and oxygen atoms in total. The summed E-state index contributed by atoms with van der Waals surface area (Å²) in [6, 6.07) is 7.75. The van der Waals surface area contributed by atoms with E-state index in [1.54, 1.807) is 7.11 Å². The predicted octanol–water partition coefficient (Wildman–Crippen LogP) is 4.39. The third kappa shape index (κ3) is 6.76. The number of carbonyl (C=O) groups is 1. The van der Waals surface area contributed by atoms with Crippen LogP contribution in [-0.2, 0) is 15.9 Å². The van der Waals surface area contributed by atoms with Crippen LogP contribution < -0.4 is 0 Å². The number of benzene rings is 1. The number of unbranched alkanes of at least 4 members (excludes halogenated alkanes) is 2. The first kappa shape index (κ1) is 17.7. The molecular weight excluding hydrogens is 264 g/mol. The zero-order valence-electron chi connectivity index (χ0n) is 13.6. The summed E-state index contributed by atoms with van der Waals surface area (Å²) in [6.45, 7) is 4.76. The summed E-state index contributed by atoms with van der Waals surface area (Å²) in [5.74, 6) is -0.254. The average molecular weight is 292 g/mol. The van der Waals surface area contributed by atoms with Crippen molar-refractivity contribution in [1.82, 2.24) is 0 Å². The molecule has 1 aromatic carbocycles. The lowest BCUT2D eigenvalue weighted by atomic mass is 10.1. The smallest absolute Gasteiger partial charge is 0.338 e. The molecule has 0 aliphatic carbocycles. The molecule has 0 amide bonds. The fourth-order valence-corrected chi connectivity index (χ4v) is 2.20. The molecule has 0 N–H and O–H groups in total. The molecule has 0 aromatic heterocycles. The molecule has 118 valence electrons. The second-order valence-corrected chi connectivity index (χ2v) is 5.43. The van der Waals surface area contributed by atoms with E-state index >= 15 is 0 Å². The Hall–Kier alpha value is -1.35. The minimum absolute atomic E-state index is 0.151. The van der Waals surface area contributed by atoms with Crippen LogP contribution in [-0.4, -0.2) is 25.8 Å². The molecule has 0 fully saturated rings. The van der Waals surface area contributed by atoms with Crippen LogP contribution in [0.25, 0.3) is 0 Å². The van der Waals surface area contributed by atoms with Gasteiger partial charge >= 0.3 is 5.97 Å². The molecule has 1 atom stereocenters. The van der Waals surface area contributed by atoms with E-state index in [0.29, 0.717) is 12.2 Å². The van der Waals surface area contributed by atoms with Gasteiger partial charge in [0.1, 0.15) is 6.10 Å². The highest BCUT2D eigenvalue weighted by molar-refractivity contribution is 5.89. The third-order valence-electron chi connectivity index (χ3n) is 3.51. The van der Waals surface area contributed by atoms with Gasteiger partial charge in [-0.25, -0.2) is 4.79 Å². The molecule has 0 aliphatic heterocycles. The molecule has 3 heteroatoms. The first-order valence-electron chi connectivity index (χ1n) is 8.00. The van der Waals surface area contributed by atoms with Crippen LogP contribution >= 0.6 is 0 Å². The molecular formula is C18H28O3. The summed E-state index contributed by atoms with van der Waals surface area (Å²) in [5.41, 5.74) is 1.89. The van der Waals surface area contributed by atoms with E-state index in [1.165, 1.54) is 18.4 Å². The zero-order chi connectivity index (χ0) is 15.5. The third-order valence-corrected chi connectivity index (χ3v) is 3.51. The topological polar surface area (TPSA) is 35.5 Å². The van der Waals surface area contributed by atoms with E-state index in [0.717, 1.165) is 25.7 Å². The standard InChI is InChI=1S/C18H28O3/c1-4-6-8-15-10-12-16(13-11-15)18(19)21-17(14-20-3)9-7-5-2/h10-13,17H,4-9,14H2,1-3H3. The van der Waals surface area contributed by atoms with Crippen molar-refractivity contribution in [2.75, 3.05) is 13.7 Å². The maximum Gasteiger partial charge on any atom is 0.338 e. The molecule has 1 aromatic rings. The summed E-state index contributed by atoms with van der Waals surface area (Å²) < 4.78 is 10.7. The van der Waals surface area contributed by atoms with Crippen LogP contribution in [0.5, 0.6) is 0 Å². The van der Waals surface area contributed by atoms with Gasteiger partial charge in [-0.15, -0.1) is 0 Å². The Kier molecular flexibility index (Phi) is 8.76. The summed E-state index contributed by atoms with van der Waals surface area (Å²) in [5, 5.41) is 0. The fourth-order valence-electron chi connectivity index (χ4n) is 2.20. The fraction of sp³-hybridized carbons (Fsp3) is 0.611. The van der Waals surface area contributed by atoms with Gasteiger partial charge in [-0.05, 0) is 43.4 Å². The lowest BCUT2D eigenvalue weighted by Gasteiger charge is -2.17. The van der Waals surface area contributed by atoms with Gasteiger partial charge in [-0.3, -0.25) is 0 Å². The lowest BCUT2D eigenvalue weighted by molar-refractivity contribution is 0.00251. The van der Waals surface area contributed by atoms with E-state index in [4.69, 9.17) is 9.47 Å². The Morgan fingerprint density at radius 1 is 1.10 bits per heavy atom. The van der Waals surface area contributed by atoms with Crippen molar-refractivity contribution in [3.63, 3.8) is 0 Å². The maximum absolute atomic E-state index is 12.1. The van der Waals surface area contributed by atoms with E-state index in [9.17, 15) is 4.79 Å². The Balaban J connectivity index is 2.56. The van der Waals surface area contributed by atoms with Crippen molar-refractivity contribution in [1.29, 1.82) is 0 Å². The summed E-state index contributed by atoms with van der Waals surface area (Å²) in [7, 11) is 1.63. The minimum atomic E-state index is -0.254. The zero-order valence-corrected chi connectivity index (χ0v) is 13.6. The largest absolute Gasteiger partial charge is 0.456 e. The van der Waals surface area contributed by atoms with Crippen molar-refractivity contribution in [3.05, 3.63) is 35.4 Å². The Morgan fingerprint density at radius 2 is 1.76 bits per heavy atom. The van der Waals surface area contributed by atoms with Crippen molar-refractivity contribution in [2.45, 2.75) is 58.5 Å². The average Bonchev–Trinajstić information content (AvgIpc) is 2.51. The molecule has 0 radical (unpaired) electrons. The Labute approximate surface area is 128 Å². The normalized spacial score (nSPS) is 12.1. The van der Waals surface area contributed by atoms with Gasteiger partial charge in [0.15, 0.2) is 0 Å². The first-order chi connectivity index (χ1) is 10.2. The summed E-state index contributed by atoms with van der Waals surface area (Å²) in [4.78, 5) is 12.1. The molecule has 0 saturated heterocycles. The van der Waals surface area contributed by atoms with Gasteiger partial charge in [0.25, 0.3) is 0 Å². The van der Waals surface area contributed by atoms with Crippen LogP contribution in [0, 0.1) is 0 Å². The van der Waals surface area contributed by atoms with Crippen molar-refractivity contribution in [3.8, 4) is 0 Å². The number of rotatable bonds is 10. The molecule has 0 bridgehead atoms. The monoisotopic (exact) mass is 292 g/mol. The number of esters is 1. The van der Waals surface area contributed by atoms with Crippen LogP contribution in [0.15, 0.2) is 24.3 Å². The number of hydrogen-bond donors (Lipinski definition) is 0. The van der Waals surface area contributed by atoms with Crippen LogP contribution in [0.4, 0.5) is 0 Å². The summed E-state index contributed by atoms with van der Waals surface area (Å²) >= 11 is 0. The predicted molar refractivity (Wildman–Crippen MR) is 85.7 cm³/mol. The van der Waals surface area contributed by atoms with E-state index in [2.05, 4.69) is 13.8 Å². The van der Waals surface area contributed by atoms with Crippen molar-refractivity contribution >= 4 is 5.97 Å². The Morgan fingerprint density at radius 3 is 2.33 bits per heavy atom. The highest BCUT2D eigenvalue weighted by Crippen LogP contribution is 2.12. The lowest BCUT2D eigenvalue weighted by Crippen LogP contribution is -2.23. The highest BCUT2D eigenvalue weighted by atomic mass is 16.6. The van der Waals surface area contributed by atoms with E-state index in [1.807, 2.05) is 24.3 Å². The van der Waals surface area contributed by atoms with Gasteiger partial charge in [-0.2, -0.15) is 0 Å². The number of methoxy groups -OCH3 is 1. The maximum atomic E-state index is 12.1. The van der Waals surface area contributed by atoms with Gasteiger partial charge in [-0.1, -0.05) is 38.8 Å². The number of hydrogen-bond acceptors (Lipinski definition) is 3. The SMILES string of the molecule is CCCCc1ccc(C(=O)OC(CCCC)COC)cc1. The van der Waals surface area contributed by atoms with Crippen LogP contribution in [0.1, 0.15) is 61.9 Å². The number of aryl methyl sites for hydroxylation is 1. The molecule has 0 spiro atoms. The van der Waals surface area contributed by atoms with Crippen molar-refractivity contribution < 1.29 is 14.3 Å². The van der Waals surface area contributed by atoms with Crippen LogP contribution in [0.3, 0.4) is 0 Å². The molecule has 1 rings (SSSR count). The highest BCUT2D eigenvalue weighted by Gasteiger charge is 2.15. The second-order valence-electron chi connectivity index (χ2n) is 5.43. The summed E-state index contributed by atoms with van der Waals surface area (Å²) in [6.07, 6.45) is 6.25. The van der Waals surface area contributed by atoms with Gasteiger partial charge in [0.05, 0.1) is 12.2 Å². The Bertz CT molecular complexity index is 397. The van der Waals surface area contributed by atoms with E-state index in [-0.39, 0.29) is 12.1 Å². The second kappa shape index (κ2) is 10.4. The van der Waals surface area contributed by atoms with E-state index < -0.39 is 0 Å². The molecule has 21 heavy (non-hydrogen) atoms. The molecule has 0 saturated carbocycles. The van der Waals surface area contributed by atoms with Crippen LogP contribution in [0.2, 0.25) is 0 Å². The molecule has 0 heterocycles. The molecule has 0 aliphatic rings. The quantitative estimate of drug-likeness (QED) is 0.600. The first-order valence-corrected chi connectivity index (χ1v) is 8.00. The number of carbonyl (C=O) groups excluding carboxylic acids is 1. The van der Waals surface area contributed by atoms with Gasteiger partial charge < -0.3 is 9.47 Å². The minimum Gasteiger partial charge on any atom is -0.456 e. The number of ether oxygens (including phenoxy) is 2. The van der Waals surface area contributed by atoms with Gasteiger partial charge in [0.2, 0.25) is 0 Å². The van der Waals surface area contributed by atoms with Crippen molar-refractivity contribution in [2.24, 2.45) is 0 Å².